The second-order valence-corrected chi connectivity index (χ2v) is 6.47. The third-order valence-corrected chi connectivity index (χ3v) is 5.00. The highest BCUT2D eigenvalue weighted by Crippen LogP contribution is 2.40. The van der Waals surface area contributed by atoms with E-state index in [4.69, 9.17) is 11.6 Å². The quantitative estimate of drug-likeness (QED) is 0.747. The third kappa shape index (κ3) is 2.89. The van der Waals surface area contributed by atoms with Crippen molar-refractivity contribution in [3.05, 3.63) is 22.7 Å². The lowest BCUT2D eigenvalue weighted by molar-refractivity contribution is -0.117. The van der Waals surface area contributed by atoms with E-state index in [-0.39, 0.29) is 17.2 Å². The van der Waals surface area contributed by atoms with Gasteiger partial charge in [-0.1, -0.05) is 18.5 Å². The van der Waals surface area contributed by atoms with E-state index in [1.807, 2.05) is 19.1 Å². The molecule has 104 valence electrons. The van der Waals surface area contributed by atoms with E-state index in [0.29, 0.717) is 5.02 Å². The number of likely N-dealkylation sites (N-methyl/N-ethyl adjacent to an activating group) is 1. The van der Waals surface area contributed by atoms with Crippen LogP contribution in [0.15, 0.2) is 17.0 Å². The minimum atomic E-state index is -0.422. The first-order chi connectivity index (χ1) is 8.93. The first-order valence-corrected chi connectivity index (χ1v) is 7.36. The molecule has 0 fully saturated rings. The molecule has 3 unspecified atom stereocenters. The summed E-state index contributed by atoms with van der Waals surface area (Å²) in [5.41, 5.74) is 1.65. The summed E-state index contributed by atoms with van der Waals surface area (Å²) in [5, 5.41) is 16.0. The number of thioether (sulfide) groups is 1. The topological polar surface area (TPSA) is 61.4 Å². The normalized spacial score (nSPS) is 20.9. The molecular formula is C13H17ClN2O2S. The summed E-state index contributed by atoms with van der Waals surface area (Å²) >= 11 is 7.76. The zero-order valence-corrected chi connectivity index (χ0v) is 12.6. The van der Waals surface area contributed by atoms with Crippen LogP contribution in [-0.4, -0.2) is 29.4 Å². The van der Waals surface area contributed by atoms with E-state index in [0.717, 1.165) is 16.1 Å². The number of hydrogen-bond donors (Lipinski definition) is 3. The van der Waals surface area contributed by atoms with Gasteiger partial charge >= 0.3 is 0 Å². The highest BCUT2D eigenvalue weighted by Gasteiger charge is 2.30. The smallest absolute Gasteiger partial charge is 0.246 e. The second kappa shape index (κ2) is 5.71. The van der Waals surface area contributed by atoms with Gasteiger partial charge in [0.05, 0.1) is 11.1 Å². The van der Waals surface area contributed by atoms with Crippen LogP contribution in [0.4, 0.5) is 5.69 Å². The molecule has 0 bridgehead atoms. The van der Waals surface area contributed by atoms with Crippen molar-refractivity contribution in [2.24, 2.45) is 0 Å². The van der Waals surface area contributed by atoms with Gasteiger partial charge in [0.1, 0.15) is 6.04 Å². The molecule has 6 heteroatoms. The Bertz CT molecular complexity index is 508. The summed E-state index contributed by atoms with van der Waals surface area (Å²) in [5.74, 6) is -0.0701. The number of anilines is 1. The Morgan fingerprint density at radius 2 is 2.16 bits per heavy atom. The Morgan fingerprint density at radius 3 is 2.74 bits per heavy atom. The van der Waals surface area contributed by atoms with Crippen molar-refractivity contribution >= 4 is 35.0 Å². The summed E-state index contributed by atoms with van der Waals surface area (Å²) in [7, 11) is 1.74. The monoisotopic (exact) mass is 300 g/mol. The number of aliphatic hydroxyl groups excluding tert-OH is 1. The van der Waals surface area contributed by atoms with Gasteiger partial charge in [-0.25, -0.2) is 0 Å². The molecule has 0 spiro atoms. The van der Waals surface area contributed by atoms with E-state index in [2.05, 4.69) is 10.6 Å². The third-order valence-electron chi connectivity index (χ3n) is 3.22. The molecule has 0 aliphatic carbocycles. The molecule has 1 aliphatic heterocycles. The van der Waals surface area contributed by atoms with Gasteiger partial charge in [0.2, 0.25) is 5.91 Å². The number of hydrogen-bond acceptors (Lipinski definition) is 4. The van der Waals surface area contributed by atoms with Crippen molar-refractivity contribution in [2.75, 3.05) is 12.4 Å². The van der Waals surface area contributed by atoms with Crippen LogP contribution in [0.25, 0.3) is 0 Å². The summed E-state index contributed by atoms with van der Waals surface area (Å²) < 4.78 is 0. The molecule has 0 radical (unpaired) electrons. The maximum atomic E-state index is 11.8. The largest absolute Gasteiger partial charge is 0.392 e. The molecule has 0 aromatic heterocycles. The van der Waals surface area contributed by atoms with Crippen LogP contribution in [0, 0.1) is 0 Å². The minimum absolute atomic E-state index is 0.0350. The maximum absolute atomic E-state index is 11.8. The fourth-order valence-corrected chi connectivity index (χ4v) is 3.20. The molecule has 4 nitrogen and oxygen atoms in total. The molecular weight excluding hydrogens is 284 g/mol. The van der Waals surface area contributed by atoms with Gasteiger partial charge in [-0.05, 0) is 26.1 Å². The lowest BCUT2D eigenvalue weighted by Crippen LogP contribution is -2.23. The number of benzene rings is 1. The summed E-state index contributed by atoms with van der Waals surface area (Å²) in [4.78, 5) is 12.6. The SMILES string of the molecule is CNC1C(=O)Nc2cc(SC(C)C(C)O)c(Cl)cc21. The highest BCUT2D eigenvalue weighted by molar-refractivity contribution is 8.00. The number of halogens is 1. The van der Waals surface area contributed by atoms with Crippen LogP contribution in [0.2, 0.25) is 5.02 Å². The van der Waals surface area contributed by atoms with Crippen LogP contribution in [0.1, 0.15) is 25.5 Å². The van der Waals surface area contributed by atoms with Gasteiger partial charge in [0.15, 0.2) is 0 Å². The first kappa shape index (κ1) is 14.7. The van der Waals surface area contributed by atoms with Gasteiger partial charge in [-0.3, -0.25) is 4.79 Å². The second-order valence-electron chi connectivity index (χ2n) is 4.64. The van der Waals surface area contributed by atoms with E-state index in [1.54, 1.807) is 14.0 Å². The number of nitrogens with one attached hydrogen (secondary N) is 2. The van der Waals surface area contributed by atoms with Gasteiger partial charge in [-0.2, -0.15) is 0 Å². The van der Waals surface area contributed by atoms with Crippen LogP contribution in [-0.2, 0) is 4.79 Å². The molecule has 0 saturated heterocycles. The zero-order valence-electron chi connectivity index (χ0n) is 11.0. The Kier molecular flexibility index (Phi) is 4.40. The van der Waals surface area contributed by atoms with Gasteiger partial charge in [0, 0.05) is 21.4 Å². The lowest BCUT2D eigenvalue weighted by atomic mass is 10.1. The summed E-state index contributed by atoms with van der Waals surface area (Å²) in [6.07, 6.45) is -0.422. The van der Waals surface area contributed by atoms with Crippen molar-refractivity contribution in [2.45, 2.75) is 36.1 Å². The van der Waals surface area contributed by atoms with Gasteiger partial charge in [-0.15, -0.1) is 11.8 Å². The molecule has 1 amide bonds. The minimum Gasteiger partial charge on any atom is -0.392 e. The van der Waals surface area contributed by atoms with Crippen LogP contribution < -0.4 is 10.6 Å². The molecule has 1 heterocycles. The summed E-state index contributed by atoms with van der Waals surface area (Å²) in [6, 6.07) is 3.34. The predicted molar refractivity (Wildman–Crippen MR) is 78.9 cm³/mol. The van der Waals surface area contributed by atoms with E-state index < -0.39 is 6.10 Å². The molecule has 0 saturated carbocycles. The van der Waals surface area contributed by atoms with Crippen LogP contribution in [0.3, 0.4) is 0 Å². The number of fused-ring (bicyclic) bond motifs is 1. The first-order valence-electron chi connectivity index (χ1n) is 6.10. The lowest BCUT2D eigenvalue weighted by Gasteiger charge is -2.16. The van der Waals surface area contributed by atoms with E-state index in [1.165, 1.54) is 11.8 Å². The highest BCUT2D eigenvalue weighted by atomic mass is 35.5. The molecule has 2 rings (SSSR count). The molecule has 1 aromatic carbocycles. The maximum Gasteiger partial charge on any atom is 0.246 e. The van der Waals surface area contributed by atoms with E-state index >= 15 is 0 Å². The number of carbonyl (C=O) groups is 1. The Balaban J connectivity index is 2.31. The predicted octanol–water partition coefficient (Wildman–Crippen LogP) is 2.41. The fourth-order valence-electron chi connectivity index (χ4n) is 1.94. The Labute approximate surface area is 121 Å². The zero-order chi connectivity index (χ0) is 14.2. The van der Waals surface area contributed by atoms with Crippen LogP contribution >= 0.6 is 23.4 Å². The van der Waals surface area contributed by atoms with Gasteiger partial charge < -0.3 is 15.7 Å². The van der Waals surface area contributed by atoms with Crippen molar-refractivity contribution in [1.29, 1.82) is 0 Å². The number of amides is 1. The summed E-state index contributed by atoms with van der Waals surface area (Å²) in [6.45, 7) is 3.69. The molecule has 1 aromatic rings. The van der Waals surface area contributed by atoms with Crippen LogP contribution in [0.5, 0.6) is 0 Å². The number of carbonyl (C=O) groups excluding carboxylic acids is 1. The average Bonchev–Trinajstić information content (AvgIpc) is 2.64. The fraction of sp³-hybridized carbons (Fsp3) is 0.462. The standard InChI is InChI=1S/C13H17ClN2O2S/c1-6(17)7(2)19-11-5-10-8(4-9(11)14)12(15-3)13(18)16-10/h4-7,12,15,17H,1-3H3,(H,16,18). The molecule has 3 N–H and O–H groups in total. The van der Waals surface area contributed by atoms with Crippen molar-refractivity contribution in [1.82, 2.24) is 5.32 Å². The average molecular weight is 301 g/mol. The van der Waals surface area contributed by atoms with E-state index in [9.17, 15) is 9.90 Å². The molecule has 1 aliphatic rings. The van der Waals surface area contributed by atoms with Crippen molar-refractivity contribution < 1.29 is 9.90 Å². The molecule has 19 heavy (non-hydrogen) atoms. The number of aliphatic hydroxyl groups is 1. The Hall–Kier alpha value is -0.750. The number of rotatable bonds is 4. The van der Waals surface area contributed by atoms with Crippen molar-refractivity contribution in [3.63, 3.8) is 0 Å². The molecule has 3 atom stereocenters. The Morgan fingerprint density at radius 1 is 1.47 bits per heavy atom. The van der Waals surface area contributed by atoms with Gasteiger partial charge in [0.25, 0.3) is 0 Å². The van der Waals surface area contributed by atoms with Crippen molar-refractivity contribution in [3.8, 4) is 0 Å².